The lowest BCUT2D eigenvalue weighted by Crippen LogP contribution is -2.29. The fourth-order valence-corrected chi connectivity index (χ4v) is 4.01. The molecule has 5 nitrogen and oxygen atoms in total. The van der Waals surface area contributed by atoms with Crippen molar-refractivity contribution in [3.05, 3.63) is 35.3 Å². The lowest BCUT2D eigenvalue weighted by molar-refractivity contribution is 0.577. The van der Waals surface area contributed by atoms with E-state index in [2.05, 4.69) is 21.8 Å². The average molecular weight is 380 g/mol. The van der Waals surface area contributed by atoms with E-state index < -0.39 is 0 Å². The smallest absolute Gasteiger partial charge is 0.186 e. The monoisotopic (exact) mass is 379 g/mol. The van der Waals surface area contributed by atoms with Crippen molar-refractivity contribution in [2.75, 3.05) is 23.3 Å². The Kier molecular flexibility index (Phi) is 7.08. The molecule has 1 aliphatic heterocycles. The SMILES string of the molecule is C=C(N)/C=C(\C)Nc1ncc(Cl)c2nc(N3CCCCC3)sc12.CC. The molecule has 2 aromatic heterocycles. The molecular weight excluding hydrogens is 354 g/mol. The molecule has 136 valence electrons. The lowest BCUT2D eigenvalue weighted by Gasteiger charge is -2.25. The van der Waals surface area contributed by atoms with Crippen LogP contribution in [0.25, 0.3) is 10.2 Å². The fraction of sp³-hybridized carbons (Fsp3) is 0.444. The van der Waals surface area contributed by atoms with E-state index in [1.807, 2.05) is 20.8 Å². The van der Waals surface area contributed by atoms with E-state index in [0.717, 1.165) is 40.0 Å². The predicted octanol–water partition coefficient (Wildman–Crippen LogP) is 5.15. The molecule has 2 aromatic rings. The topological polar surface area (TPSA) is 67.1 Å². The molecule has 1 saturated heterocycles. The van der Waals surface area contributed by atoms with Crippen LogP contribution < -0.4 is 16.0 Å². The first-order chi connectivity index (χ1) is 12.0. The van der Waals surface area contributed by atoms with Crippen molar-refractivity contribution in [2.45, 2.75) is 40.0 Å². The average Bonchev–Trinajstić information content (AvgIpc) is 3.06. The van der Waals surface area contributed by atoms with E-state index in [1.165, 1.54) is 19.3 Å². The summed E-state index contributed by atoms with van der Waals surface area (Å²) in [4.78, 5) is 11.5. The van der Waals surface area contributed by atoms with Crippen LogP contribution in [0.5, 0.6) is 0 Å². The second-order valence-electron chi connectivity index (χ2n) is 5.70. The van der Waals surface area contributed by atoms with Gasteiger partial charge < -0.3 is 16.0 Å². The van der Waals surface area contributed by atoms with E-state index in [-0.39, 0.29) is 0 Å². The highest BCUT2D eigenvalue weighted by Gasteiger charge is 2.18. The van der Waals surface area contributed by atoms with Crippen molar-refractivity contribution in [1.29, 1.82) is 0 Å². The van der Waals surface area contributed by atoms with E-state index in [9.17, 15) is 0 Å². The molecule has 0 bridgehead atoms. The van der Waals surface area contributed by atoms with Crippen LogP contribution in [-0.2, 0) is 0 Å². The molecule has 25 heavy (non-hydrogen) atoms. The number of anilines is 2. The summed E-state index contributed by atoms with van der Waals surface area (Å²) < 4.78 is 0.966. The van der Waals surface area contributed by atoms with Crippen LogP contribution in [-0.4, -0.2) is 23.1 Å². The maximum absolute atomic E-state index is 6.29. The number of nitrogens with one attached hydrogen (secondary N) is 1. The standard InChI is InChI=1S/C16H20ClN5S.C2H6/c1-10(18)8-11(2)20-15-14-13(12(17)9-19-15)21-16(23-14)22-6-4-3-5-7-22;1-2/h8-9H,1,3-7,18H2,2H3,(H,19,20);1-2H3/b11-8+;. The van der Waals surface area contributed by atoms with Gasteiger partial charge in [-0.25, -0.2) is 9.97 Å². The Morgan fingerprint density at radius 1 is 1.36 bits per heavy atom. The van der Waals surface area contributed by atoms with Crippen molar-refractivity contribution in [2.24, 2.45) is 5.73 Å². The van der Waals surface area contributed by atoms with Gasteiger partial charge >= 0.3 is 0 Å². The minimum Gasteiger partial charge on any atom is -0.399 e. The Morgan fingerprint density at radius 2 is 2.04 bits per heavy atom. The molecular formula is C18H26ClN5S. The quantitative estimate of drug-likeness (QED) is 0.719. The predicted molar refractivity (Wildman–Crippen MR) is 111 cm³/mol. The van der Waals surface area contributed by atoms with Gasteiger partial charge in [0.05, 0.1) is 11.2 Å². The number of nitrogens with zero attached hydrogens (tertiary/aromatic N) is 3. The number of nitrogens with two attached hydrogens (primary N) is 1. The number of aromatic nitrogens is 2. The van der Waals surface area contributed by atoms with Gasteiger partial charge in [0.2, 0.25) is 0 Å². The summed E-state index contributed by atoms with van der Waals surface area (Å²) in [6.45, 7) is 11.7. The lowest BCUT2D eigenvalue weighted by atomic mass is 10.1. The number of rotatable bonds is 4. The number of fused-ring (bicyclic) bond motifs is 1. The minimum atomic E-state index is 0.499. The van der Waals surface area contributed by atoms with E-state index in [0.29, 0.717) is 10.7 Å². The first-order valence-corrected chi connectivity index (χ1v) is 9.84. The highest BCUT2D eigenvalue weighted by molar-refractivity contribution is 7.22. The van der Waals surface area contributed by atoms with Gasteiger partial charge in [0.15, 0.2) is 5.13 Å². The molecule has 0 unspecified atom stereocenters. The number of pyridine rings is 1. The maximum atomic E-state index is 6.29. The molecule has 1 aliphatic rings. The molecule has 3 rings (SSSR count). The molecule has 0 atom stereocenters. The largest absolute Gasteiger partial charge is 0.399 e. The number of halogens is 1. The Labute approximate surface area is 158 Å². The number of hydrogen-bond acceptors (Lipinski definition) is 6. The maximum Gasteiger partial charge on any atom is 0.186 e. The van der Waals surface area contributed by atoms with Gasteiger partial charge in [-0.15, -0.1) is 0 Å². The molecule has 0 amide bonds. The second-order valence-corrected chi connectivity index (χ2v) is 7.09. The molecule has 7 heteroatoms. The molecule has 0 spiro atoms. The van der Waals surface area contributed by atoms with Crippen molar-refractivity contribution < 1.29 is 0 Å². The van der Waals surface area contributed by atoms with Gasteiger partial charge in [-0.2, -0.15) is 0 Å². The van der Waals surface area contributed by atoms with Crippen LogP contribution in [0.1, 0.15) is 40.0 Å². The second kappa shape index (κ2) is 9.06. The van der Waals surface area contributed by atoms with Crippen LogP contribution in [0.4, 0.5) is 10.9 Å². The van der Waals surface area contributed by atoms with Crippen LogP contribution in [0, 0.1) is 0 Å². The number of thiazole rings is 1. The van der Waals surface area contributed by atoms with Crippen LogP contribution in [0.3, 0.4) is 0 Å². The summed E-state index contributed by atoms with van der Waals surface area (Å²) in [5.41, 5.74) is 7.79. The fourth-order valence-electron chi connectivity index (χ4n) is 2.68. The normalized spacial score (nSPS) is 14.9. The number of hydrogen-bond donors (Lipinski definition) is 2. The van der Waals surface area contributed by atoms with Gasteiger partial charge in [-0.3, -0.25) is 0 Å². The minimum absolute atomic E-state index is 0.499. The molecule has 0 aliphatic carbocycles. The Morgan fingerprint density at radius 3 is 2.68 bits per heavy atom. The zero-order valence-electron chi connectivity index (χ0n) is 15.1. The highest BCUT2D eigenvalue weighted by atomic mass is 35.5. The van der Waals surface area contributed by atoms with Gasteiger partial charge in [0, 0.05) is 24.5 Å². The van der Waals surface area contributed by atoms with Crippen LogP contribution >= 0.6 is 22.9 Å². The molecule has 0 radical (unpaired) electrons. The molecule has 1 fully saturated rings. The molecule has 3 N–H and O–H groups in total. The van der Waals surface area contributed by atoms with Gasteiger partial charge in [0.1, 0.15) is 16.0 Å². The van der Waals surface area contributed by atoms with Crippen molar-refractivity contribution in [3.63, 3.8) is 0 Å². The Balaban J connectivity index is 0.00000109. The van der Waals surface area contributed by atoms with Crippen molar-refractivity contribution in [1.82, 2.24) is 9.97 Å². The van der Waals surface area contributed by atoms with Gasteiger partial charge in [-0.05, 0) is 32.3 Å². The Bertz CT molecular complexity index is 762. The zero-order chi connectivity index (χ0) is 18.4. The summed E-state index contributed by atoms with van der Waals surface area (Å²) in [5.74, 6) is 0.750. The third-order valence-corrected chi connectivity index (χ3v) is 5.11. The highest BCUT2D eigenvalue weighted by Crippen LogP contribution is 2.37. The van der Waals surface area contributed by atoms with Gasteiger partial charge in [-0.1, -0.05) is 43.4 Å². The van der Waals surface area contributed by atoms with E-state index in [1.54, 1.807) is 23.6 Å². The van der Waals surface area contributed by atoms with Crippen LogP contribution in [0.15, 0.2) is 30.2 Å². The van der Waals surface area contributed by atoms with Crippen molar-refractivity contribution >= 4 is 44.1 Å². The molecule has 0 saturated carbocycles. The molecule has 0 aromatic carbocycles. The van der Waals surface area contributed by atoms with E-state index in [4.69, 9.17) is 22.3 Å². The summed E-state index contributed by atoms with van der Waals surface area (Å²) >= 11 is 7.92. The molecule has 3 heterocycles. The van der Waals surface area contributed by atoms with Crippen LogP contribution in [0.2, 0.25) is 5.02 Å². The Hall–Kier alpha value is -1.79. The summed E-state index contributed by atoms with van der Waals surface area (Å²) in [5, 5.41) is 4.86. The number of allylic oxidation sites excluding steroid dienone is 2. The summed E-state index contributed by atoms with van der Waals surface area (Å²) in [7, 11) is 0. The summed E-state index contributed by atoms with van der Waals surface area (Å²) in [6, 6.07) is 0. The zero-order valence-corrected chi connectivity index (χ0v) is 16.7. The van der Waals surface area contributed by atoms with E-state index >= 15 is 0 Å². The number of piperidine rings is 1. The first kappa shape index (κ1) is 19.5. The van der Waals surface area contributed by atoms with Crippen molar-refractivity contribution in [3.8, 4) is 0 Å². The van der Waals surface area contributed by atoms with Gasteiger partial charge in [0.25, 0.3) is 0 Å². The third kappa shape index (κ3) is 4.86. The third-order valence-electron chi connectivity index (χ3n) is 3.71. The first-order valence-electron chi connectivity index (χ1n) is 8.64. The summed E-state index contributed by atoms with van der Waals surface area (Å²) in [6.07, 6.45) is 7.13.